The van der Waals surface area contributed by atoms with Gasteiger partial charge < -0.3 is 14.6 Å². The van der Waals surface area contributed by atoms with Crippen molar-refractivity contribution in [1.82, 2.24) is 9.55 Å². The molecule has 3 heterocycles. The van der Waals surface area contributed by atoms with Crippen LogP contribution in [0.2, 0.25) is 10.0 Å². The molecule has 9 heteroatoms. The van der Waals surface area contributed by atoms with Crippen molar-refractivity contribution in [3.8, 4) is 17.1 Å². The molecule has 3 aromatic carbocycles. The second-order valence-electron chi connectivity index (χ2n) is 9.96. The van der Waals surface area contributed by atoms with Crippen LogP contribution in [0.15, 0.2) is 60.7 Å². The first-order chi connectivity index (χ1) is 18.7. The van der Waals surface area contributed by atoms with Crippen molar-refractivity contribution in [3.63, 3.8) is 0 Å². The summed E-state index contributed by atoms with van der Waals surface area (Å²) in [6.45, 7) is 6.10. The van der Waals surface area contributed by atoms with Gasteiger partial charge in [0, 0.05) is 33.0 Å². The second kappa shape index (κ2) is 9.14. The second-order valence-corrected chi connectivity index (χ2v) is 10.8. The van der Waals surface area contributed by atoms with E-state index in [4.69, 9.17) is 32.9 Å². The standard InChI is InChI=1S/C30H26Cl2N4O3/c1-5-17-9-12-24(39-4)21(13-17)27-34-25-26(35(27)16(2)3)30(22-11-10-19(32)15-23(22)33-29(30)38)36(28(25)37)20-8-6-7-18(31)14-20/h6-16H,5H2,1-4H3,(H,33,38)/t30-/m1/s1. The summed E-state index contributed by atoms with van der Waals surface area (Å²) in [5.41, 5.74) is 2.69. The molecular weight excluding hydrogens is 535 g/mol. The highest BCUT2D eigenvalue weighted by atomic mass is 35.5. The third kappa shape index (κ3) is 3.53. The van der Waals surface area contributed by atoms with Gasteiger partial charge >= 0.3 is 0 Å². The van der Waals surface area contributed by atoms with Crippen molar-refractivity contribution in [2.45, 2.75) is 38.8 Å². The maximum atomic E-state index is 14.4. The van der Waals surface area contributed by atoms with Gasteiger partial charge in [-0.25, -0.2) is 4.98 Å². The molecule has 4 aromatic rings. The molecule has 2 aliphatic rings. The Morgan fingerprint density at radius 1 is 1.03 bits per heavy atom. The van der Waals surface area contributed by atoms with Crippen LogP contribution in [-0.4, -0.2) is 28.5 Å². The SMILES string of the molecule is CCc1ccc(OC)c(-c2nc3c(n2C(C)C)[C@]2(C(=O)Nc4cc(Cl)ccc42)N(c2cccc(Cl)c2)C3=O)c1. The average molecular weight is 561 g/mol. The molecule has 1 N–H and O–H groups in total. The number of imidazole rings is 1. The molecule has 0 saturated carbocycles. The molecular formula is C30H26Cl2N4O3. The van der Waals surface area contributed by atoms with E-state index < -0.39 is 11.4 Å². The number of carbonyl (C=O) groups is 2. The van der Waals surface area contributed by atoms with Crippen LogP contribution in [0, 0.1) is 0 Å². The first-order valence-electron chi connectivity index (χ1n) is 12.7. The minimum atomic E-state index is -1.53. The summed E-state index contributed by atoms with van der Waals surface area (Å²) in [7, 11) is 1.61. The van der Waals surface area contributed by atoms with Crippen molar-refractivity contribution in [1.29, 1.82) is 0 Å². The van der Waals surface area contributed by atoms with Gasteiger partial charge in [-0.05, 0) is 68.3 Å². The number of aromatic nitrogens is 2. The number of ether oxygens (including phenoxy) is 1. The van der Waals surface area contributed by atoms with Crippen LogP contribution in [0.25, 0.3) is 11.4 Å². The van der Waals surface area contributed by atoms with Gasteiger partial charge in [0.1, 0.15) is 11.6 Å². The van der Waals surface area contributed by atoms with E-state index >= 15 is 0 Å². The van der Waals surface area contributed by atoms with Crippen molar-refractivity contribution >= 4 is 46.4 Å². The Balaban J connectivity index is 1.73. The molecule has 198 valence electrons. The number of nitrogens with zero attached hydrogens (tertiary/aromatic N) is 3. The molecule has 1 aromatic heterocycles. The number of amides is 2. The summed E-state index contributed by atoms with van der Waals surface area (Å²) in [6, 6.07) is 18.0. The molecule has 0 saturated heterocycles. The van der Waals surface area contributed by atoms with Gasteiger partial charge in [0.25, 0.3) is 11.8 Å². The number of anilines is 2. The molecule has 0 unspecified atom stereocenters. The lowest BCUT2D eigenvalue weighted by Gasteiger charge is -2.35. The first kappa shape index (κ1) is 25.5. The van der Waals surface area contributed by atoms with Crippen molar-refractivity contribution in [3.05, 3.63) is 93.2 Å². The van der Waals surface area contributed by atoms with Crippen molar-refractivity contribution in [2.24, 2.45) is 0 Å². The molecule has 1 atom stereocenters. The number of nitrogens with one attached hydrogen (secondary N) is 1. The van der Waals surface area contributed by atoms with Gasteiger partial charge in [-0.15, -0.1) is 0 Å². The van der Waals surface area contributed by atoms with Crippen LogP contribution < -0.4 is 15.0 Å². The van der Waals surface area contributed by atoms with Gasteiger partial charge in [0.2, 0.25) is 0 Å². The van der Waals surface area contributed by atoms with E-state index in [9.17, 15) is 9.59 Å². The minimum Gasteiger partial charge on any atom is -0.496 e. The number of hydrogen-bond acceptors (Lipinski definition) is 4. The molecule has 0 bridgehead atoms. The van der Waals surface area contributed by atoms with Gasteiger partial charge in [0.05, 0.1) is 18.4 Å². The monoisotopic (exact) mass is 560 g/mol. The van der Waals surface area contributed by atoms with E-state index in [0.29, 0.717) is 44.3 Å². The summed E-state index contributed by atoms with van der Waals surface area (Å²) < 4.78 is 7.70. The minimum absolute atomic E-state index is 0.153. The van der Waals surface area contributed by atoms with E-state index in [1.807, 2.05) is 36.6 Å². The van der Waals surface area contributed by atoms with Gasteiger partial charge in [-0.2, -0.15) is 0 Å². The summed E-state index contributed by atoms with van der Waals surface area (Å²) in [4.78, 5) is 35.0. The summed E-state index contributed by atoms with van der Waals surface area (Å²) in [6.07, 6.45) is 0.820. The molecule has 7 nitrogen and oxygen atoms in total. The highest BCUT2D eigenvalue weighted by molar-refractivity contribution is 6.32. The van der Waals surface area contributed by atoms with E-state index in [0.717, 1.165) is 17.5 Å². The highest BCUT2D eigenvalue weighted by Crippen LogP contribution is 2.54. The Labute approximate surface area is 236 Å². The third-order valence-corrected chi connectivity index (χ3v) is 7.91. The fourth-order valence-electron chi connectivity index (χ4n) is 5.79. The van der Waals surface area contributed by atoms with Crippen LogP contribution >= 0.6 is 23.2 Å². The maximum Gasteiger partial charge on any atom is 0.280 e. The third-order valence-electron chi connectivity index (χ3n) is 7.44. The van der Waals surface area contributed by atoms with Crippen LogP contribution in [0.3, 0.4) is 0 Å². The highest BCUT2D eigenvalue weighted by Gasteiger charge is 2.64. The Morgan fingerprint density at radius 2 is 1.79 bits per heavy atom. The van der Waals surface area contributed by atoms with Gasteiger partial charge in [0.15, 0.2) is 11.2 Å². The predicted octanol–water partition coefficient (Wildman–Crippen LogP) is 6.86. The lowest BCUT2D eigenvalue weighted by Crippen LogP contribution is -2.51. The lowest BCUT2D eigenvalue weighted by molar-refractivity contribution is -0.119. The number of rotatable bonds is 5. The number of fused-ring (bicyclic) bond motifs is 4. The molecule has 0 fully saturated rings. The quantitative estimate of drug-likeness (QED) is 0.289. The number of aryl methyl sites for hydroxylation is 1. The smallest absolute Gasteiger partial charge is 0.280 e. The van der Waals surface area contributed by atoms with Crippen LogP contribution in [0.5, 0.6) is 5.75 Å². The lowest BCUT2D eigenvalue weighted by atomic mass is 9.87. The topological polar surface area (TPSA) is 76.5 Å². The molecule has 1 spiro atoms. The van der Waals surface area contributed by atoms with Crippen LogP contribution in [-0.2, 0) is 16.8 Å². The average Bonchev–Trinajstić information content (AvgIpc) is 3.52. The number of hydrogen-bond donors (Lipinski definition) is 1. The zero-order chi connectivity index (χ0) is 27.6. The van der Waals surface area contributed by atoms with Crippen molar-refractivity contribution < 1.29 is 14.3 Å². The predicted molar refractivity (Wildman–Crippen MR) is 153 cm³/mol. The Bertz CT molecular complexity index is 1680. The number of carbonyl (C=O) groups excluding carboxylic acids is 2. The van der Waals surface area contributed by atoms with E-state index in [1.165, 1.54) is 4.90 Å². The largest absolute Gasteiger partial charge is 0.496 e. The Hall–Kier alpha value is -3.81. The summed E-state index contributed by atoms with van der Waals surface area (Å²) in [5, 5.41) is 3.91. The molecule has 39 heavy (non-hydrogen) atoms. The maximum absolute atomic E-state index is 14.4. The molecule has 2 amide bonds. The van der Waals surface area contributed by atoms with Gasteiger partial charge in [-0.3, -0.25) is 14.5 Å². The Kier molecular flexibility index (Phi) is 5.97. The first-order valence-corrected chi connectivity index (χ1v) is 13.5. The van der Waals surface area contributed by atoms with E-state index in [-0.39, 0.29) is 17.6 Å². The van der Waals surface area contributed by atoms with E-state index in [2.05, 4.69) is 12.2 Å². The van der Waals surface area contributed by atoms with Crippen molar-refractivity contribution in [2.75, 3.05) is 17.3 Å². The zero-order valence-electron chi connectivity index (χ0n) is 21.9. The van der Waals surface area contributed by atoms with Crippen LogP contribution in [0.1, 0.15) is 54.1 Å². The van der Waals surface area contributed by atoms with Gasteiger partial charge in [-0.1, -0.05) is 48.3 Å². The molecule has 0 aliphatic carbocycles. The number of benzene rings is 3. The normalized spacial score (nSPS) is 17.7. The molecule has 2 aliphatic heterocycles. The molecule has 6 rings (SSSR count). The fraction of sp³-hybridized carbons (Fsp3) is 0.233. The summed E-state index contributed by atoms with van der Waals surface area (Å²) in [5.74, 6) is 0.441. The Morgan fingerprint density at radius 3 is 2.49 bits per heavy atom. The fourth-order valence-corrected chi connectivity index (χ4v) is 6.14. The number of halogens is 2. The number of methoxy groups -OCH3 is 1. The van der Waals surface area contributed by atoms with E-state index in [1.54, 1.807) is 49.6 Å². The zero-order valence-corrected chi connectivity index (χ0v) is 23.4. The molecule has 0 radical (unpaired) electrons. The summed E-state index contributed by atoms with van der Waals surface area (Å²) >= 11 is 12.7. The van der Waals surface area contributed by atoms with Crippen LogP contribution in [0.4, 0.5) is 11.4 Å².